The molecule has 0 saturated carbocycles. The van der Waals surface area contributed by atoms with E-state index in [1.165, 1.54) is 12.1 Å². The number of benzene rings is 1. The fourth-order valence-electron chi connectivity index (χ4n) is 1.62. The molecule has 1 aromatic carbocycles. The molecule has 0 bridgehead atoms. The summed E-state index contributed by atoms with van der Waals surface area (Å²) >= 11 is 0. The number of aliphatic hydroxyl groups is 1. The summed E-state index contributed by atoms with van der Waals surface area (Å²) in [6.07, 6.45) is 3.31. The van der Waals surface area contributed by atoms with Gasteiger partial charge in [0.1, 0.15) is 17.1 Å². The molecule has 5 heteroatoms. The van der Waals surface area contributed by atoms with Crippen LogP contribution in [0, 0.1) is 5.82 Å². The lowest BCUT2D eigenvalue weighted by Crippen LogP contribution is -2.25. The second-order valence-electron chi connectivity index (χ2n) is 4.03. The molecule has 0 unspecified atom stereocenters. The van der Waals surface area contributed by atoms with Gasteiger partial charge in [0.2, 0.25) is 0 Å². The van der Waals surface area contributed by atoms with Gasteiger partial charge in [-0.05, 0) is 25.0 Å². The molecule has 1 rings (SSSR count). The van der Waals surface area contributed by atoms with E-state index in [4.69, 9.17) is 5.11 Å². The molecule has 100 valence electrons. The van der Waals surface area contributed by atoms with Crippen LogP contribution >= 0.6 is 0 Å². The van der Waals surface area contributed by atoms with E-state index in [1.807, 2.05) is 0 Å². The van der Waals surface area contributed by atoms with Crippen LogP contribution in [0.4, 0.5) is 4.39 Å². The number of amides is 1. The molecule has 1 aromatic rings. The van der Waals surface area contributed by atoms with E-state index in [-0.39, 0.29) is 17.9 Å². The summed E-state index contributed by atoms with van der Waals surface area (Å²) < 4.78 is 13.3. The van der Waals surface area contributed by atoms with Crippen molar-refractivity contribution < 1.29 is 19.4 Å². The fraction of sp³-hybridized carbons (Fsp3) is 0.462. The zero-order chi connectivity index (χ0) is 13.4. The second kappa shape index (κ2) is 7.66. The minimum atomic E-state index is -0.729. The van der Waals surface area contributed by atoms with Crippen molar-refractivity contribution in [1.29, 1.82) is 0 Å². The summed E-state index contributed by atoms with van der Waals surface area (Å²) in [5, 5.41) is 20.5. The maximum atomic E-state index is 13.3. The first-order valence-corrected chi connectivity index (χ1v) is 6.03. The van der Waals surface area contributed by atoms with Gasteiger partial charge >= 0.3 is 0 Å². The molecule has 1 amide bonds. The number of hydrogen-bond donors (Lipinski definition) is 3. The average Bonchev–Trinajstić information content (AvgIpc) is 2.33. The quantitative estimate of drug-likeness (QED) is 0.651. The lowest BCUT2D eigenvalue weighted by Gasteiger charge is -2.07. The SMILES string of the molecule is O=C(NCCCCCCO)c1c(O)cccc1F. The Morgan fingerprint density at radius 2 is 1.94 bits per heavy atom. The van der Waals surface area contributed by atoms with Crippen LogP contribution in [0.5, 0.6) is 5.75 Å². The highest BCUT2D eigenvalue weighted by molar-refractivity contribution is 5.97. The molecule has 0 atom stereocenters. The number of carbonyl (C=O) groups is 1. The molecule has 18 heavy (non-hydrogen) atoms. The van der Waals surface area contributed by atoms with Crippen LogP contribution in [-0.2, 0) is 0 Å². The number of phenolic OH excluding ortho intramolecular Hbond substituents is 1. The van der Waals surface area contributed by atoms with Crippen LogP contribution in [-0.4, -0.2) is 29.3 Å². The Morgan fingerprint density at radius 3 is 2.61 bits per heavy atom. The predicted molar refractivity (Wildman–Crippen MR) is 66.0 cm³/mol. The molecule has 0 saturated heterocycles. The minimum Gasteiger partial charge on any atom is -0.507 e. The average molecular weight is 255 g/mol. The third kappa shape index (κ3) is 4.33. The number of halogens is 1. The van der Waals surface area contributed by atoms with Gasteiger partial charge in [0.15, 0.2) is 0 Å². The van der Waals surface area contributed by atoms with Crippen LogP contribution < -0.4 is 5.32 Å². The highest BCUT2D eigenvalue weighted by Crippen LogP contribution is 2.19. The molecule has 0 fully saturated rings. The van der Waals surface area contributed by atoms with Crippen molar-refractivity contribution in [3.8, 4) is 5.75 Å². The lowest BCUT2D eigenvalue weighted by atomic mass is 10.1. The van der Waals surface area contributed by atoms with Crippen LogP contribution in [0.2, 0.25) is 0 Å². The second-order valence-corrected chi connectivity index (χ2v) is 4.03. The van der Waals surface area contributed by atoms with Crippen LogP contribution in [0.15, 0.2) is 18.2 Å². The Balaban J connectivity index is 2.37. The van der Waals surface area contributed by atoms with Crippen molar-refractivity contribution in [2.45, 2.75) is 25.7 Å². The third-order valence-corrected chi connectivity index (χ3v) is 2.59. The van der Waals surface area contributed by atoms with E-state index in [9.17, 15) is 14.3 Å². The zero-order valence-corrected chi connectivity index (χ0v) is 10.2. The lowest BCUT2D eigenvalue weighted by molar-refractivity contribution is 0.0946. The van der Waals surface area contributed by atoms with Crippen molar-refractivity contribution in [3.63, 3.8) is 0 Å². The molecule has 0 aliphatic carbocycles. The topological polar surface area (TPSA) is 69.6 Å². The van der Waals surface area contributed by atoms with E-state index < -0.39 is 11.7 Å². The smallest absolute Gasteiger partial charge is 0.258 e. The first-order valence-electron chi connectivity index (χ1n) is 6.03. The van der Waals surface area contributed by atoms with Crippen molar-refractivity contribution in [3.05, 3.63) is 29.6 Å². The molecule has 0 aromatic heterocycles. The molecule has 0 heterocycles. The zero-order valence-electron chi connectivity index (χ0n) is 10.2. The number of nitrogens with one attached hydrogen (secondary N) is 1. The molecular formula is C13H18FNO3. The largest absolute Gasteiger partial charge is 0.507 e. The summed E-state index contributed by atoms with van der Waals surface area (Å²) in [6, 6.07) is 3.76. The monoisotopic (exact) mass is 255 g/mol. The van der Waals surface area contributed by atoms with Crippen molar-refractivity contribution in [2.24, 2.45) is 0 Å². The Kier molecular flexibility index (Phi) is 6.14. The number of carbonyl (C=O) groups excluding carboxylic acids is 1. The van der Waals surface area contributed by atoms with Crippen LogP contribution in [0.25, 0.3) is 0 Å². The van der Waals surface area contributed by atoms with Gasteiger partial charge in [-0.2, -0.15) is 0 Å². The standard InChI is InChI=1S/C13H18FNO3/c14-10-6-5-7-11(17)12(10)13(18)15-8-3-1-2-4-9-16/h5-7,16-17H,1-4,8-9H2,(H,15,18). The highest BCUT2D eigenvalue weighted by atomic mass is 19.1. The van der Waals surface area contributed by atoms with Gasteiger partial charge in [0.25, 0.3) is 5.91 Å². The Bertz CT molecular complexity index is 376. The van der Waals surface area contributed by atoms with E-state index in [0.717, 1.165) is 31.7 Å². The Morgan fingerprint density at radius 1 is 1.22 bits per heavy atom. The van der Waals surface area contributed by atoms with Gasteiger partial charge in [-0.1, -0.05) is 18.9 Å². The maximum Gasteiger partial charge on any atom is 0.258 e. The predicted octanol–water partition coefficient (Wildman–Crippen LogP) is 1.81. The van der Waals surface area contributed by atoms with Crippen molar-refractivity contribution >= 4 is 5.91 Å². The van der Waals surface area contributed by atoms with Crippen LogP contribution in [0.3, 0.4) is 0 Å². The fourth-order valence-corrected chi connectivity index (χ4v) is 1.62. The first kappa shape index (κ1) is 14.4. The molecule has 0 spiro atoms. The number of aliphatic hydroxyl groups excluding tert-OH is 1. The normalized spacial score (nSPS) is 10.3. The van der Waals surface area contributed by atoms with Gasteiger partial charge in [-0.15, -0.1) is 0 Å². The molecular weight excluding hydrogens is 237 g/mol. The van der Waals surface area contributed by atoms with E-state index in [0.29, 0.717) is 6.54 Å². The number of unbranched alkanes of at least 4 members (excludes halogenated alkanes) is 3. The van der Waals surface area contributed by atoms with E-state index in [2.05, 4.69) is 5.32 Å². The summed E-state index contributed by atoms with van der Waals surface area (Å²) in [7, 11) is 0. The van der Waals surface area contributed by atoms with Gasteiger partial charge in [0.05, 0.1) is 0 Å². The molecule has 0 aliphatic heterocycles. The number of hydrogen-bond acceptors (Lipinski definition) is 3. The summed E-state index contributed by atoms with van der Waals surface area (Å²) in [4.78, 5) is 11.6. The van der Waals surface area contributed by atoms with Gasteiger partial charge < -0.3 is 15.5 Å². The van der Waals surface area contributed by atoms with E-state index in [1.54, 1.807) is 0 Å². The Hall–Kier alpha value is -1.62. The molecule has 4 nitrogen and oxygen atoms in total. The Labute approximate surface area is 105 Å². The van der Waals surface area contributed by atoms with Gasteiger partial charge in [-0.3, -0.25) is 4.79 Å². The van der Waals surface area contributed by atoms with E-state index >= 15 is 0 Å². The molecule has 3 N–H and O–H groups in total. The van der Waals surface area contributed by atoms with Crippen molar-refractivity contribution in [1.82, 2.24) is 5.32 Å². The maximum absolute atomic E-state index is 13.3. The first-order chi connectivity index (χ1) is 8.66. The van der Waals surface area contributed by atoms with Crippen LogP contribution in [0.1, 0.15) is 36.0 Å². The van der Waals surface area contributed by atoms with Gasteiger partial charge in [0, 0.05) is 13.2 Å². The highest BCUT2D eigenvalue weighted by Gasteiger charge is 2.15. The number of rotatable bonds is 7. The molecule has 0 radical (unpaired) electrons. The van der Waals surface area contributed by atoms with Gasteiger partial charge in [-0.25, -0.2) is 4.39 Å². The third-order valence-electron chi connectivity index (χ3n) is 2.59. The minimum absolute atomic E-state index is 0.176. The number of aromatic hydroxyl groups is 1. The summed E-state index contributed by atoms with van der Waals surface area (Å²) in [5.41, 5.74) is -0.312. The van der Waals surface area contributed by atoms with Crippen molar-refractivity contribution in [2.75, 3.05) is 13.2 Å². The number of phenols is 1. The summed E-state index contributed by atoms with van der Waals surface area (Å²) in [5.74, 6) is -1.69. The summed E-state index contributed by atoms with van der Waals surface area (Å²) in [6.45, 7) is 0.605. The molecule has 0 aliphatic rings.